The number of phenolic OH excluding ortho intramolecular Hbond substituents is 1. The van der Waals surface area contributed by atoms with E-state index in [1.165, 1.54) is 0 Å². The van der Waals surface area contributed by atoms with Crippen LogP contribution in [0.25, 0.3) is 21.5 Å². The van der Waals surface area contributed by atoms with Crippen LogP contribution in [0.5, 0.6) is 5.75 Å². The molecule has 0 aromatic heterocycles. The molecule has 3 nitrogen and oxygen atoms in total. The van der Waals surface area contributed by atoms with Gasteiger partial charge in [-0.05, 0) is 59.3 Å². The molecule has 0 unspecified atom stereocenters. The highest BCUT2D eigenvalue weighted by molar-refractivity contribution is 6.06. The first-order valence-corrected chi connectivity index (χ1v) is 7.48. The van der Waals surface area contributed by atoms with Crippen molar-refractivity contribution < 1.29 is 5.11 Å². The normalized spacial score (nSPS) is 11.0. The fraction of sp³-hybridized carbons (Fsp3) is 0. The molecule has 0 aliphatic carbocycles. The van der Waals surface area contributed by atoms with Crippen LogP contribution in [0, 0.1) is 0 Å². The highest BCUT2D eigenvalue weighted by Crippen LogP contribution is 2.35. The van der Waals surface area contributed by atoms with E-state index in [2.05, 4.69) is 17.4 Å². The van der Waals surface area contributed by atoms with Crippen LogP contribution in [-0.2, 0) is 0 Å². The Balaban J connectivity index is 1.90. The Morgan fingerprint density at radius 1 is 0.739 bits per heavy atom. The molecule has 0 atom stereocenters. The molecule has 0 fully saturated rings. The molecule has 112 valence electrons. The molecular formula is C20H16N2O. The van der Waals surface area contributed by atoms with Crippen molar-refractivity contribution in [2.24, 2.45) is 0 Å². The predicted molar refractivity (Wildman–Crippen MR) is 97.3 cm³/mol. The second-order valence-electron chi connectivity index (χ2n) is 5.62. The third-order valence-corrected chi connectivity index (χ3v) is 4.05. The van der Waals surface area contributed by atoms with E-state index in [9.17, 15) is 5.11 Å². The van der Waals surface area contributed by atoms with E-state index in [0.29, 0.717) is 0 Å². The van der Waals surface area contributed by atoms with Crippen LogP contribution in [0.3, 0.4) is 0 Å². The summed E-state index contributed by atoms with van der Waals surface area (Å²) in [7, 11) is 0. The molecule has 4 aromatic carbocycles. The Morgan fingerprint density at radius 3 is 2.09 bits per heavy atom. The van der Waals surface area contributed by atoms with Crippen molar-refractivity contribution in [2.75, 3.05) is 11.1 Å². The molecule has 0 spiro atoms. The Bertz CT molecular complexity index is 1010. The minimum Gasteiger partial charge on any atom is -0.507 e. The van der Waals surface area contributed by atoms with E-state index in [-0.39, 0.29) is 5.75 Å². The van der Waals surface area contributed by atoms with E-state index >= 15 is 0 Å². The lowest BCUT2D eigenvalue weighted by molar-refractivity contribution is 0.482. The first-order valence-electron chi connectivity index (χ1n) is 7.48. The maximum absolute atomic E-state index is 10.2. The number of nitrogens with two attached hydrogens (primary N) is 1. The SMILES string of the molecule is Nc1ccc(Nc2ccc(O)c3cc4ccccc4cc23)cc1. The molecule has 0 bridgehead atoms. The van der Waals surface area contributed by atoms with Crippen LogP contribution in [-0.4, -0.2) is 5.11 Å². The van der Waals surface area contributed by atoms with Crippen LogP contribution in [0.4, 0.5) is 17.1 Å². The van der Waals surface area contributed by atoms with Crippen molar-refractivity contribution in [2.45, 2.75) is 0 Å². The van der Waals surface area contributed by atoms with Crippen molar-refractivity contribution >= 4 is 38.6 Å². The van der Waals surface area contributed by atoms with Crippen LogP contribution in [0.15, 0.2) is 72.8 Å². The van der Waals surface area contributed by atoms with Gasteiger partial charge in [0.05, 0.1) is 0 Å². The molecule has 0 aliphatic rings. The molecule has 23 heavy (non-hydrogen) atoms. The average Bonchev–Trinajstić information content (AvgIpc) is 2.58. The lowest BCUT2D eigenvalue weighted by atomic mass is 10.0. The van der Waals surface area contributed by atoms with Gasteiger partial charge in [-0.15, -0.1) is 0 Å². The Labute approximate surface area is 134 Å². The Kier molecular flexibility index (Phi) is 3.05. The van der Waals surface area contributed by atoms with Crippen molar-refractivity contribution in [3.8, 4) is 5.75 Å². The fourth-order valence-electron chi connectivity index (χ4n) is 2.85. The average molecular weight is 300 g/mol. The topological polar surface area (TPSA) is 58.3 Å². The number of rotatable bonds is 2. The van der Waals surface area contributed by atoms with Gasteiger partial charge in [0.2, 0.25) is 0 Å². The monoisotopic (exact) mass is 300 g/mol. The van der Waals surface area contributed by atoms with Crippen molar-refractivity contribution in [3.63, 3.8) is 0 Å². The molecule has 0 aliphatic heterocycles. The second kappa shape index (κ2) is 5.21. The van der Waals surface area contributed by atoms with Crippen LogP contribution in [0.2, 0.25) is 0 Å². The van der Waals surface area contributed by atoms with Gasteiger partial charge in [0.15, 0.2) is 0 Å². The number of hydrogen-bond acceptors (Lipinski definition) is 3. The van der Waals surface area contributed by atoms with Gasteiger partial charge in [-0.1, -0.05) is 24.3 Å². The summed E-state index contributed by atoms with van der Waals surface area (Å²) in [6, 6.07) is 23.5. The number of aromatic hydroxyl groups is 1. The number of hydrogen-bond donors (Lipinski definition) is 3. The molecule has 4 aromatic rings. The lowest BCUT2D eigenvalue weighted by Crippen LogP contribution is -1.92. The summed E-state index contributed by atoms with van der Waals surface area (Å²) >= 11 is 0. The fourth-order valence-corrected chi connectivity index (χ4v) is 2.85. The highest BCUT2D eigenvalue weighted by atomic mass is 16.3. The summed E-state index contributed by atoms with van der Waals surface area (Å²) < 4.78 is 0. The molecule has 3 heteroatoms. The zero-order chi connectivity index (χ0) is 15.8. The van der Waals surface area contributed by atoms with Crippen molar-refractivity contribution in [1.82, 2.24) is 0 Å². The van der Waals surface area contributed by atoms with Crippen LogP contribution in [0.1, 0.15) is 0 Å². The third-order valence-electron chi connectivity index (χ3n) is 4.05. The summed E-state index contributed by atoms with van der Waals surface area (Å²) in [4.78, 5) is 0. The summed E-state index contributed by atoms with van der Waals surface area (Å²) in [6.45, 7) is 0. The summed E-state index contributed by atoms with van der Waals surface area (Å²) in [5.74, 6) is 0.286. The van der Waals surface area contributed by atoms with E-state index in [1.54, 1.807) is 6.07 Å². The molecule has 4 rings (SSSR count). The Morgan fingerprint density at radius 2 is 1.39 bits per heavy atom. The van der Waals surface area contributed by atoms with Gasteiger partial charge in [-0.3, -0.25) is 0 Å². The smallest absolute Gasteiger partial charge is 0.123 e. The third kappa shape index (κ3) is 2.42. The first-order chi connectivity index (χ1) is 11.2. The molecule has 0 amide bonds. The van der Waals surface area contributed by atoms with E-state index in [1.807, 2.05) is 54.6 Å². The highest BCUT2D eigenvalue weighted by Gasteiger charge is 2.07. The van der Waals surface area contributed by atoms with E-state index in [0.717, 1.165) is 38.6 Å². The van der Waals surface area contributed by atoms with Gasteiger partial charge in [0.25, 0.3) is 0 Å². The number of fused-ring (bicyclic) bond motifs is 2. The number of anilines is 3. The summed E-state index contributed by atoms with van der Waals surface area (Å²) in [6.07, 6.45) is 0. The largest absolute Gasteiger partial charge is 0.507 e. The molecule has 0 saturated carbocycles. The molecular weight excluding hydrogens is 284 g/mol. The zero-order valence-corrected chi connectivity index (χ0v) is 12.5. The number of nitrogens with one attached hydrogen (secondary N) is 1. The molecule has 0 radical (unpaired) electrons. The van der Waals surface area contributed by atoms with Gasteiger partial charge >= 0.3 is 0 Å². The number of phenols is 1. The van der Waals surface area contributed by atoms with E-state index < -0.39 is 0 Å². The van der Waals surface area contributed by atoms with Gasteiger partial charge in [-0.25, -0.2) is 0 Å². The Hall–Kier alpha value is -3.20. The van der Waals surface area contributed by atoms with Crippen molar-refractivity contribution in [3.05, 3.63) is 72.8 Å². The predicted octanol–water partition coefficient (Wildman–Crippen LogP) is 5.02. The van der Waals surface area contributed by atoms with Gasteiger partial charge in [-0.2, -0.15) is 0 Å². The number of nitrogen functional groups attached to an aromatic ring is 1. The zero-order valence-electron chi connectivity index (χ0n) is 12.5. The van der Waals surface area contributed by atoms with Crippen LogP contribution < -0.4 is 11.1 Å². The molecule has 4 N–H and O–H groups in total. The molecule has 0 saturated heterocycles. The standard InChI is InChI=1S/C20H16N2O/c21-15-5-7-16(8-6-15)22-19-9-10-20(23)18-12-14-4-2-1-3-13(14)11-17(18)19/h1-12,22-23H,21H2. The van der Waals surface area contributed by atoms with Crippen molar-refractivity contribution in [1.29, 1.82) is 0 Å². The van der Waals surface area contributed by atoms with Gasteiger partial charge in [0, 0.05) is 27.8 Å². The minimum atomic E-state index is 0.286. The van der Waals surface area contributed by atoms with Gasteiger partial charge < -0.3 is 16.2 Å². The van der Waals surface area contributed by atoms with Gasteiger partial charge in [0.1, 0.15) is 5.75 Å². The summed E-state index contributed by atoms with van der Waals surface area (Å²) in [5.41, 5.74) is 8.38. The lowest BCUT2D eigenvalue weighted by Gasteiger charge is -2.12. The summed E-state index contributed by atoms with van der Waals surface area (Å²) in [5, 5.41) is 17.7. The van der Waals surface area contributed by atoms with E-state index in [4.69, 9.17) is 5.73 Å². The quantitative estimate of drug-likeness (QED) is 0.276. The number of benzene rings is 4. The maximum atomic E-state index is 10.2. The minimum absolute atomic E-state index is 0.286. The second-order valence-corrected chi connectivity index (χ2v) is 5.62. The first kappa shape index (κ1) is 13.5. The van der Waals surface area contributed by atoms with Crippen LogP contribution >= 0.6 is 0 Å². The maximum Gasteiger partial charge on any atom is 0.123 e. The molecule has 0 heterocycles.